The first-order valence-electron chi connectivity index (χ1n) is 10.6. The summed E-state index contributed by atoms with van der Waals surface area (Å²) in [5.41, 5.74) is 0. The second-order valence-corrected chi connectivity index (χ2v) is 9.85. The summed E-state index contributed by atoms with van der Waals surface area (Å²) < 4.78 is 0. The fourth-order valence-corrected chi connectivity index (χ4v) is 4.89. The Morgan fingerprint density at radius 2 is 0.652 bits per heavy atom. The van der Waals surface area contributed by atoms with E-state index in [0.717, 1.165) is 41.4 Å². The van der Waals surface area contributed by atoms with Gasteiger partial charge in [-0.15, -0.1) is 0 Å². The smallest absolute Gasteiger partial charge is 0.0438 e. The van der Waals surface area contributed by atoms with Gasteiger partial charge < -0.3 is 0 Å². The monoisotopic (exact) mass is 324 g/mol. The molecule has 0 fully saturated rings. The molecule has 0 aliphatic rings. The standard InChI is InChI=1S/C23H48/c1-10-18(4)12-20(6)14-22(8)16-23(9)15-21(7)13-19(5)11-17(2)3/h17-23H,10-16H2,1-9H3. The zero-order valence-corrected chi connectivity index (χ0v) is 18.0. The van der Waals surface area contributed by atoms with Gasteiger partial charge in [0.2, 0.25) is 0 Å². The van der Waals surface area contributed by atoms with Crippen LogP contribution in [0.15, 0.2) is 0 Å². The fraction of sp³-hybridized carbons (Fsp3) is 1.00. The lowest BCUT2D eigenvalue weighted by atomic mass is 9.81. The van der Waals surface area contributed by atoms with E-state index in [2.05, 4.69) is 62.3 Å². The van der Waals surface area contributed by atoms with Gasteiger partial charge >= 0.3 is 0 Å². The molecule has 6 atom stereocenters. The Hall–Kier alpha value is 0. The minimum absolute atomic E-state index is 0.849. The average molecular weight is 325 g/mol. The Morgan fingerprint density at radius 3 is 0.913 bits per heavy atom. The van der Waals surface area contributed by atoms with Crippen LogP contribution < -0.4 is 0 Å². The molecular weight excluding hydrogens is 276 g/mol. The maximum atomic E-state index is 2.49. The SMILES string of the molecule is CCC(C)CC(C)CC(C)CC(C)CC(C)CC(C)CC(C)C. The van der Waals surface area contributed by atoms with Crippen LogP contribution in [0.1, 0.15) is 107 Å². The highest BCUT2D eigenvalue weighted by atomic mass is 14.2. The van der Waals surface area contributed by atoms with Crippen molar-refractivity contribution >= 4 is 0 Å². The molecule has 0 nitrogen and oxygen atoms in total. The summed E-state index contributed by atoms with van der Waals surface area (Å²) in [6.45, 7) is 21.8. The van der Waals surface area contributed by atoms with Crippen molar-refractivity contribution in [1.82, 2.24) is 0 Å². The van der Waals surface area contributed by atoms with Gasteiger partial charge in [-0.05, 0) is 80.0 Å². The van der Waals surface area contributed by atoms with Crippen LogP contribution in [0, 0.1) is 41.4 Å². The molecular formula is C23H48. The molecule has 0 aromatic carbocycles. The molecule has 23 heavy (non-hydrogen) atoms. The topological polar surface area (TPSA) is 0 Å². The Balaban J connectivity index is 4.00. The maximum Gasteiger partial charge on any atom is -0.0438 e. The molecule has 0 amide bonds. The lowest BCUT2D eigenvalue weighted by Crippen LogP contribution is -2.13. The van der Waals surface area contributed by atoms with Gasteiger partial charge in [0.05, 0.1) is 0 Å². The Bertz CT molecular complexity index is 267. The molecule has 0 saturated heterocycles. The molecule has 0 aliphatic carbocycles. The second-order valence-electron chi connectivity index (χ2n) is 9.85. The molecule has 0 aromatic rings. The molecule has 0 heteroatoms. The first kappa shape index (κ1) is 23.0. The molecule has 0 saturated carbocycles. The number of hydrogen-bond donors (Lipinski definition) is 0. The van der Waals surface area contributed by atoms with Gasteiger partial charge in [-0.25, -0.2) is 0 Å². The highest BCUT2D eigenvalue weighted by Crippen LogP contribution is 2.29. The van der Waals surface area contributed by atoms with Crippen LogP contribution in [0.5, 0.6) is 0 Å². The van der Waals surface area contributed by atoms with Crippen LogP contribution in [-0.4, -0.2) is 0 Å². The summed E-state index contributed by atoms with van der Waals surface area (Å²) >= 11 is 0. The number of hydrogen-bond acceptors (Lipinski definition) is 0. The van der Waals surface area contributed by atoms with Gasteiger partial charge in [-0.1, -0.05) is 68.7 Å². The maximum absolute atomic E-state index is 2.49. The van der Waals surface area contributed by atoms with E-state index in [1.807, 2.05) is 0 Å². The first-order chi connectivity index (χ1) is 10.6. The van der Waals surface area contributed by atoms with Crippen molar-refractivity contribution in [2.75, 3.05) is 0 Å². The largest absolute Gasteiger partial charge is 0.0651 e. The third-order valence-electron chi connectivity index (χ3n) is 5.59. The average Bonchev–Trinajstić information content (AvgIpc) is 2.35. The molecule has 0 rings (SSSR count). The molecule has 0 radical (unpaired) electrons. The van der Waals surface area contributed by atoms with E-state index in [1.165, 1.54) is 44.9 Å². The summed E-state index contributed by atoms with van der Waals surface area (Å²) in [5, 5.41) is 0. The van der Waals surface area contributed by atoms with Gasteiger partial charge in [0.1, 0.15) is 0 Å². The van der Waals surface area contributed by atoms with E-state index in [4.69, 9.17) is 0 Å². The Labute approximate surface area is 149 Å². The van der Waals surface area contributed by atoms with Gasteiger partial charge in [0.25, 0.3) is 0 Å². The van der Waals surface area contributed by atoms with Gasteiger partial charge in [-0.2, -0.15) is 0 Å². The zero-order chi connectivity index (χ0) is 18.0. The first-order valence-corrected chi connectivity index (χ1v) is 10.6. The van der Waals surface area contributed by atoms with Crippen molar-refractivity contribution < 1.29 is 0 Å². The molecule has 140 valence electrons. The van der Waals surface area contributed by atoms with Crippen molar-refractivity contribution in [2.45, 2.75) is 107 Å². The second kappa shape index (κ2) is 12.4. The summed E-state index contributed by atoms with van der Waals surface area (Å²) in [4.78, 5) is 0. The molecule has 6 unspecified atom stereocenters. The van der Waals surface area contributed by atoms with E-state index < -0.39 is 0 Å². The quantitative estimate of drug-likeness (QED) is 0.320. The van der Waals surface area contributed by atoms with Crippen LogP contribution >= 0.6 is 0 Å². The van der Waals surface area contributed by atoms with Crippen molar-refractivity contribution in [3.63, 3.8) is 0 Å². The number of rotatable bonds is 13. The van der Waals surface area contributed by atoms with Gasteiger partial charge in [-0.3, -0.25) is 0 Å². The lowest BCUT2D eigenvalue weighted by molar-refractivity contribution is 0.265. The molecule has 0 heterocycles. The summed E-state index contributed by atoms with van der Waals surface area (Å²) in [5.74, 6) is 6.22. The van der Waals surface area contributed by atoms with E-state index in [9.17, 15) is 0 Å². The third kappa shape index (κ3) is 13.0. The van der Waals surface area contributed by atoms with Crippen molar-refractivity contribution in [3.8, 4) is 0 Å². The summed E-state index contributed by atoms with van der Waals surface area (Å²) in [7, 11) is 0. The molecule has 0 aliphatic heterocycles. The van der Waals surface area contributed by atoms with Crippen LogP contribution in [0.2, 0.25) is 0 Å². The summed E-state index contributed by atoms with van der Waals surface area (Å²) in [6, 6.07) is 0. The lowest BCUT2D eigenvalue weighted by Gasteiger charge is -2.25. The zero-order valence-electron chi connectivity index (χ0n) is 18.0. The van der Waals surface area contributed by atoms with Crippen molar-refractivity contribution in [3.05, 3.63) is 0 Å². The predicted octanol–water partition coefficient (Wildman–Crippen LogP) is 8.21. The van der Waals surface area contributed by atoms with E-state index in [1.54, 1.807) is 0 Å². The van der Waals surface area contributed by atoms with Gasteiger partial charge in [0.15, 0.2) is 0 Å². The molecule has 0 spiro atoms. The minimum atomic E-state index is 0.849. The van der Waals surface area contributed by atoms with Crippen LogP contribution in [0.4, 0.5) is 0 Å². The van der Waals surface area contributed by atoms with E-state index >= 15 is 0 Å². The van der Waals surface area contributed by atoms with E-state index in [-0.39, 0.29) is 0 Å². The molecule has 0 N–H and O–H groups in total. The minimum Gasteiger partial charge on any atom is -0.0651 e. The Kier molecular flexibility index (Phi) is 12.4. The molecule has 0 aromatic heterocycles. The van der Waals surface area contributed by atoms with Crippen molar-refractivity contribution in [1.29, 1.82) is 0 Å². The predicted molar refractivity (Wildman–Crippen MR) is 108 cm³/mol. The van der Waals surface area contributed by atoms with Crippen LogP contribution in [0.25, 0.3) is 0 Å². The normalized spacial score (nSPS) is 20.1. The van der Waals surface area contributed by atoms with E-state index in [0.29, 0.717) is 0 Å². The van der Waals surface area contributed by atoms with Crippen LogP contribution in [-0.2, 0) is 0 Å². The highest BCUT2D eigenvalue weighted by molar-refractivity contribution is 4.69. The highest BCUT2D eigenvalue weighted by Gasteiger charge is 2.17. The third-order valence-corrected chi connectivity index (χ3v) is 5.59. The van der Waals surface area contributed by atoms with Crippen molar-refractivity contribution in [2.24, 2.45) is 41.4 Å². The fourth-order valence-electron chi connectivity index (χ4n) is 4.89. The van der Waals surface area contributed by atoms with Crippen LogP contribution in [0.3, 0.4) is 0 Å². The van der Waals surface area contributed by atoms with Gasteiger partial charge in [0, 0.05) is 0 Å². The Morgan fingerprint density at radius 1 is 0.391 bits per heavy atom. The summed E-state index contributed by atoms with van der Waals surface area (Å²) in [6.07, 6.45) is 9.83. The molecule has 0 bridgehead atoms.